The topological polar surface area (TPSA) is 27.0 Å². The fourth-order valence-corrected chi connectivity index (χ4v) is 2.63. The van der Waals surface area contributed by atoms with E-state index in [4.69, 9.17) is 16.9 Å². The van der Waals surface area contributed by atoms with Gasteiger partial charge in [-0.2, -0.15) is 5.26 Å². The first-order valence-corrected chi connectivity index (χ1v) is 5.90. The van der Waals surface area contributed by atoms with Gasteiger partial charge in [-0.25, -0.2) is 0 Å². The lowest BCUT2D eigenvalue weighted by Gasteiger charge is -2.34. The van der Waals surface area contributed by atoms with Crippen molar-refractivity contribution in [1.82, 2.24) is 0 Å². The Labute approximate surface area is 101 Å². The van der Waals surface area contributed by atoms with E-state index >= 15 is 0 Å². The third-order valence-electron chi connectivity index (χ3n) is 3.27. The average molecular weight is 235 g/mol. The first-order chi connectivity index (χ1) is 7.54. The number of nitrogens with zero attached hydrogens (tertiary/aromatic N) is 2. The van der Waals surface area contributed by atoms with Crippen LogP contribution in [0.2, 0.25) is 5.02 Å². The van der Waals surface area contributed by atoms with Crippen LogP contribution in [0.1, 0.15) is 32.3 Å². The lowest BCUT2D eigenvalue weighted by Crippen LogP contribution is -2.38. The van der Waals surface area contributed by atoms with Crippen molar-refractivity contribution in [3.63, 3.8) is 0 Å². The Kier molecular flexibility index (Phi) is 2.82. The molecule has 1 aromatic carbocycles. The highest BCUT2D eigenvalue weighted by atomic mass is 35.5. The van der Waals surface area contributed by atoms with Gasteiger partial charge in [0.05, 0.1) is 22.3 Å². The maximum absolute atomic E-state index is 8.80. The highest BCUT2D eigenvalue weighted by molar-refractivity contribution is 6.33. The van der Waals surface area contributed by atoms with Crippen LogP contribution in [0.3, 0.4) is 0 Å². The maximum atomic E-state index is 8.80. The highest BCUT2D eigenvalue weighted by Crippen LogP contribution is 2.37. The van der Waals surface area contributed by atoms with Gasteiger partial charge in [-0.1, -0.05) is 11.6 Å². The van der Waals surface area contributed by atoms with Crippen molar-refractivity contribution >= 4 is 17.3 Å². The summed E-state index contributed by atoms with van der Waals surface area (Å²) in [7, 11) is 0. The van der Waals surface area contributed by atoms with Crippen molar-refractivity contribution in [3.05, 3.63) is 28.8 Å². The van der Waals surface area contributed by atoms with Crippen molar-refractivity contribution < 1.29 is 0 Å². The largest absolute Gasteiger partial charge is 0.365 e. The Morgan fingerprint density at radius 2 is 2.19 bits per heavy atom. The van der Waals surface area contributed by atoms with E-state index in [2.05, 4.69) is 24.8 Å². The summed E-state index contributed by atoms with van der Waals surface area (Å²) in [6.45, 7) is 5.50. The standard InChI is InChI=1S/C13H15ClN2/c1-13(2)6-3-7-16(13)12-5-4-10(9-15)8-11(12)14/h4-5,8H,3,6-7H2,1-2H3. The molecule has 16 heavy (non-hydrogen) atoms. The summed E-state index contributed by atoms with van der Waals surface area (Å²) in [6.07, 6.45) is 2.38. The third kappa shape index (κ3) is 1.88. The molecule has 0 N–H and O–H groups in total. The van der Waals surface area contributed by atoms with E-state index in [9.17, 15) is 0 Å². The predicted molar refractivity (Wildman–Crippen MR) is 66.8 cm³/mol. The van der Waals surface area contributed by atoms with E-state index in [0.29, 0.717) is 10.6 Å². The van der Waals surface area contributed by atoms with Crippen LogP contribution in [0.25, 0.3) is 0 Å². The average Bonchev–Trinajstić information content (AvgIpc) is 2.58. The Morgan fingerprint density at radius 1 is 1.44 bits per heavy atom. The molecule has 0 saturated carbocycles. The summed E-state index contributed by atoms with van der Waals surface area (Å²) in [5.74, 6) is 0. The minimum atomic E-state index is 0.164. The molecule has 1 aliphatic heterocycles. The molecule has 1 saturated heterocycles. The molecule has 84 valence electrons. The van der Waals surface area contributed by atoms with Gasteiger partial charge in [0.1, 0.15) is 0 Å². The monoisotopic (exact) mass is 234 g/mol. The van der Waals surface area contributed by atoms with Crippen molar-refractivity contribution in [3.8, 4) is 6.07 Å². The number of anilines is 1. The van der Waals surface area contributed by atoms with Crippen LogP contribution in [0.15, 0.2) is 18.2 Å². The maximum Gasteiger partial charge on any atom is 0.0992 e. The molecule has 0 spiro atoms. The zero-order valence-corrected chi connectivity index (χ0v) is 10.4. The molecule has 1 heterocycles. The van der Waals surface area contributed by atoms with Gasteiger partial charge in [-0.3, -0.25) is 0 Å². The lowest BCUT2D eigenvalue weighted by molar-refractivity contribution is 0.518. The van der Waals surface area contributed by atoms with Crippen LogP contribution in [-0.2, 0) is 0 Å². The second-order valence-corrected chi connectivity index (χ2v) is 5.25. The molecule has 3 heteroatoms. The van der Waals surface area contributed by atoms with Gasteiger partial charge in [0.15, 0.2) is 0 Å². The normalized spacial score (nSPS) is 18.5. The molecule has 0 unspecified atom stereocenters. The number of benzene rings is 1. The fraction of sp³-hybridized carbons (Fsp3) is 0.462. The Bertz CT molecular complexity index is 446. The molecule has 0 atom stereocenters. The zero-order chi connectivity index (χ0) is 11.8. The molecule has 2 nitrogen and oxygen atoms in total. The van der Waals surface area contributed by atoms with Crippen molar-refractivity contribution in [1.29, 1.82) is 5.26 Å². The first-order valence-electron chi connectivity index (χ1n) is 5.52. The van der Waals surface area contributed by atoms with Crippen molar-refractivity contribution in [2.75, 3.05) is 11.4 Å². The first kappa shape index (κ1) is 11.3. The number of nitriles is 1. The summed E-state index contributed by atoms with van der Waals surface area (Å²) in [6, 6.07) is 7.63. The summed E-state index contributed by atoms with van der Waals surface area (Å²) in [4.78, 5) is 2.33. The molecule has 1 fully saturated rings. The number of halogens is 1. The third-order valence-corrected chi connectivity index (χ3v) is 3.57. The molecule has 1 aliphatic rings. The predicted octanol–water partition coefficient (Wildman–Crippen LogP) is 3.59. The molecule has 1 aromatic rings. The molecular formula is C13H15ClN2. The van der Waals surface area contributed by atoms with E-state index in [-0.39, 0.29) is 5.54 Å². The molecule has 0 radical (unpaired) electrons. The highest BCUT2D eigenvalue weighted by Gasteiger charge is 2.32. The van der Waals surface area contributed by atoms with Gasteiger partial charge in [0.2, 0.25) is 0 Å². The lowest BCUT2D eigenvalue weighted by atomic mass is 10.0. The summed E-state index contributed by atoms with van der Waals surface area (Å²) in [5.41, 5.74) is 1.83. The minimum absolute atomic E-state index is 0.164. The van der Waals surface area contributed by atoms with E-state index in [0.717, 1.165) is 12.2 Å². The van der Waals surface area contributed by atoms with Gasteiger partial charge in [-0.15, -0.1) is 0 Å². The second kappa shape index (κ2) is 3.99. The summed E-state index contributed by atoms with van der Waals surface area (Å²) >= 11 is 6.22. The van der Waals surface area contributed by atoms with Crippen LogP contribution < -0.4 is 4.90 Å². The smallest absolute Gasteiger partial charge is 0.0992 e. The Hall–Kier alpha value is -1.20. The van der Waals surface area contributed by atoms with Gasteiger partial charge >= 0.3 is 0 Å². The van der Waals surface area contributed by atoms with Gasteiger partial charge in [0.25, 0.3) is 0 Å². The van der Waals surface area contributed by atoms with Crippen LogP contribution in [0.4, 0.5) is 5.69 Å². The Balaban J connectivity index is 2.38. The molecule has 0 amide bonds. The van der Waals surface area contributed by atoms with Gasteiger partial charge < -0.3 is 4.90 Å². The van der Waals surface area contributed by atoms with Crippen molar-refractivity contribution in [2.45, 2.75) is 32.2 Å². The molecule has 0 bridgehead atoms. The van der Waals surface area contributed by atoms with Crippen LogP contribution in [0, 0.1) is 11.3 Å². The van der Waals surface area contributed by atoms with E-state index in [1.807, 2.05) is 12.1 Å². The van der Waals surface area contributed by atoms with E-state index < -0.39 is 0 Å². The molecular weight excluding hydrogens is 220 g/mol. The van der Waals surface area contributed by atoms with Crippen LogP contribution >= 0.6 is 11.6 Å². The number of rotatable bonds is 1. The SMILES string of the molecule is CC1(C)CCCN1c1ccc(C#N)cc1Cl. The van der Waals surface area contributed by atoms with Gasteiger partial charge in [-0.05, 0) is 44.9 Å². The van der Waals surface area contributed by atoms with E-state index in [1.54, 1.807) is 6.07 Å². The summed E-state index contributed by atoms with van der Waals surface area (Å²) in [5, 5.41) is 9.47. The Morgan fingerprint density at radius 3 is 2.69 bits per heavy atom. The summed E-state index contributed by atoms with van der Waals surface area (Å²) < 4.78 is 0. The molecule has 2 rings (SSSR count). The van der Waals surface area contributed by atoms with Crippen LogP contribution in [-0.4, -0.2) is 12.1 Å². The van der Waals surface area contributed by atoms with Gasteiger partial charge in [0, 0.05) is 12.1 Å². The van der Waals surface area contributed by atoms with Crippen molar-refractivity contribution in [2.24, 2.45) is 0 Å². The van der Waals surface area contributed by atoms with Crippen LogP contribution in [0.5, 0.6) is 0 Å². The number of hydrogen-bond acceptors (Lipinski definition) is 2. The number of hydrogen-bond donors (Lipinski definition) is 0. The minimum Gasteiger partial charge on any atom is -0.365 e. The molecule has 0 aliphatic carbocycles. The molecule has 0 aromatic heterocycles. The van der Waals surface area contributed by atoms with E-state index in [1.165, 1.54) is 12.8 Å². The zero-order valence-electron chi connectivity index (χ0n) is 9.63. The fourth-order valence-electron chi connectivity index (χ4n) is 2.35. The second-order valence-electron chi connectivity index (χ2n) is 4.85. The quantitative estimate of drug-likeness (QED) is 0.743.